The topological polar surface area (TPSA) is 117 Å². The number of carbonyl (C=O) groups is 2. The minimum Gasteiger partial charge on any atom is -0.504 e. The van der Waals surface area contributed by atoms with E-state index in [0.717, 1.165) is 27.8 Å². The molecule has 2 saturated heterocycles. The van der Waals surface area contributed by atoms with Gasteiger partial charge in [0.15, 0.2) is 11.5 Å². The molecule has 0 spiro atoms. The monoisotopic (exact) mass is 705 g/mol. The third kappa shape index (κ3) is 5.60. The smallest absolute Gasteiger partial charge is 0.488 e. The van der Waals surface area contributed by atoms with Crippen molar-refractivity contribution >= 4 is 64.3 Å². The average Bonchev–Trinajstić information content (AvgIpc) is 3.55. The third-order valence-corrected chi connectivity index (χ3v) is 9.83. The highest BCUT2D eigenvalue weighted by molar-refractivity contribution is 14.1. The molecule has 0 radical (unpaired) electrons. The Hall–Kier alpha value is -3.45. The molecule has 3 aliphatic rings. The summed E-state index contributed by atoms with van der Waals surface area (Å²) in [7, 11) is -0.160. The molecule has 2 fully saturated rings. The lowest BCUT2D eigenvalue weighted by atomic mass is 9.70. The predicted octanol–water partition coefficient (Wildman–Crippen LogP) is 4.55. The van der Waals surface area contributed by atoms with Crippen molar-refractivity contribution in [2.75, 3.05) is 18.6 Å². The highest BCUT2D eigenvalue weighted by Crippen LogP contribution is 2.50. The van der Waals surface area contributed by atoms with Crippen molar-refractivity contribution in [2.45, 2.75) is 32.3 Å². The summed E-state index contributed by atoms with van der Waals surface area (Å²) in [5.74, 6) is -1.13. The molecule has 0 bridgehead atoms. The normalized spacial score (nSPS) is 23.2. The maximum atomic E-state index is 13.8. The Kier molecular flexibility index (Phi) is 8.69. The van der Waals surface area contributed by atoms with E-state index in [-0.39, 0.29) is 35.0 Å². The van der Waals surface area contributed by atoms with Crippen molar-refractivity contribution in [2.24, 2.45) is 17.8 Å². The van der Waals surface area contributed by atoms with Crippen LogP contribution in [0.3, 0.4) is 0 Å². The first-order valence-electron chi connectivity index (χ1n) is 14.7. The molecule has 8 nitrogen and oxygen atoms in total. The number of hydrogen-bond donors (Lipinski definition) is 3. The summed E-state index contributed by atoms with van der Waals surface area (Å²) in [5, 5.41) is 29.6. The quantitative estimate of drug-likeness (QED) is 0.104. The zero-order chi connectivity index (χ0) is 31.1. The van der Waals surface area contributed by atoms with Gasteiger partial charge in [0.2, 0.25) is 11.8 Å². The van der Waals surface area contributed by atoms with Crippen LogP contribution in [-0.4, -0.2) is 53.9 Å². The van der Waals surface area contributed by atoms with Gasteiger partial charge in [-0.25, -0.2) is 0 Å². The van der Waals surface area contributed by atoms with Crippen LogP contribution in [0.5, 0.6) is 11.5 Å². The molecule has 3 aromatic rings. The molecule has 2 heterocycles. The zero-order valence-electron chi connectivity index (χ0n) is 24.4. The van der Waals surface area contributed by atoms with E-state index in [1.807, 2.05) is 37.3 Å². The molecule has 3 aromatic carbocycles. The van der Waals surface area contributed by atoms with E-state index in [9.17, 15) is 24.7 Å². The molecule has 2 aliphatic heterocycles. The highest BCUT2D eigenvalue weighted by Gasteiger charge is 2.56. The Balaban J connectivity index is 1.25. The highest BCUT2D eigenvalue weighted by atomic mass is 127. The van der Waals surface area contributed by atoms with E-state index < -0.39 is 19.0 Å². The fourth-order valence-corrected chi connectivity index (χ4v) is 7.61. The summed E-state index contributed by atoms with van der Waals surface area (Å²) in [6.07, 6.45) is 3.84. The number of aromatic hydroxyl groups is 1. The SMILES string of the molecule is COc1cc(/C=C(/CC[C@H]2OC[C@H]3C2=C(C)C[C@H]2C(=O)N(c4cccc(B(O)O)c4)C(=O)[C@H]23)c2ccccc2)cc(I)c1O. The van der Waals surface area contributed by atoms with Crippen LogP contribution in [0.25, 0.3) is 11.6 Å². The number of ether oxygens (including phenoxy) is 2. The van der Waals surface area contributed by atoms with Gasteiger partial charge in [0.05, 0.1) is 40.9 Å². The second-order valence-electron chi connectivity index (χ2n) is 11.6. The lowest BCUT2D eigenvalue weighted by molar-refractivity contribution is -0.122. The van der Waals surface area contributed by atoms with Crippen molar-refractivity contribution in [1.29, 1.82) is 0 Å². The van der Waals surface area contributed by atoms with Gasteiger partial charge in [-0.1, -0.05) is 54.1 Å². The number of nitrogens with zero attached hydrogens (tertiary/aromatic N) is 1. The van der Waals surface area contributed by atoms with Crippen molar-refractivity contribution < 1.29 is 34.2 Å². The molecular weight excluding hydrogens is 672 g/mol. The summed E-state index contributed by atoms with van der Waals surface area (Å²) < 4.78 is 12.5. The number of phenols is 1. The van der Waals surface area contributed by atoms with Crippen LogP contribution >= 0.6 is 22.6 Å². The number of imide groups is 1. The van der Waals surface area contributed by atoms with Gasteiger partial charge in [-0.3, -0.25) is 14.5 Å². The predicted molar refractivity (Wildman–Crippen MR) is 177 cm³/mol. The zero-order valence-corrected chi connectivity index (χ0v) is 26.6. The number of benzene rings is 3. The molecule has 3 N–H and O–H groups in total. The van der Waals surface area contributed by atoms with Gasteiger partial charge in [-0.2, -0.15) is 0 Å². The van der Waals surface area contributed by atoms with Crippen LogP contribution in [0.4, 0.5) is 5.69 Å². The fraction of sp³-hybridized carbons (Fsp3) is 0.294. The number of fused-ring (bicyclic) bond motifs is 3. The van der Waals surface area contributed by atoms with Crippen LogP contribution in [-0.2, 0) is 14.3 Å². The van der Waals surface area contributed by atoms with E-state index in [4.69, 9.17) is 9.47 Å². The first-order chi connectivity index (χ1) is 21.2. The van der Waals surface area contributed by atoms with Crippen LogP contribution in [0.1, 0.15) is 37.3 Å². The van der Waals surface area contributed by atoms with Crippen molar-refractivity contribution in [3.05, 3.63) is 92.6 Å². The van der Waals surface area contributed by atoms with Gasteiger partial charge in [-0.15, -0.1) is 0 Å². The Morgan fingerprint density at radius 3 is 2.57 bits per heavy atom. The van der Waals surface area contributed by atoms with Crippen molar-refractivity contribution in [3.63, 3.8) is 0 Å². The molecular formula is C34H33BINO7. The molecule has 226 valence electrons. The number of allylic oxidation sites excluding steroid dienone is 2. The van der Waals surface area contributed by atoms with Gasteiger partial charge in [0.25, 0.3) is 0 Å². The number of carbonyl (C=O) groups excluding carboxylic acids is 2. The van der Waals surface area contributed by atoms with E-state index in [1.165, 1.54) is 18.1 Å². The average molecular weight is 705 g/mol. The number of anilines is 1. The second kappa shape index (κ2) is 12.5. The summed E-state index contributed by atoms with van der Waals surface area (Å²) in [4.78, 5) is 28.6. The van der Waals surface area contributed by atoms with Gasteiger partial charge < -0.3 is 24.6 Å². The van der Waals surface area contributed by atoms with Gasteiger partial charge >= 0.3 is 7.12 Å². The summed E-state index contributed by atoms with van der Waals surface area (Å²) in [6, 6.07) is 20.2. The maximum absolute atomic E-state index is 13.8. The van der Waals surface area contributed by atoms with E-state index >= 15 is 0 Å². The summed E-state index contributed by atoms with van der Waals surface area (Å²) in [5.41, 5.74) is 5.91. The van der Waals surface area contributed by atoms with Crippen LogP contribution < -0.4 is 15.1 Å². The molecule has 6 rings (SSSR count). The Morgan fingerprint density at radius 1 is 1.07 bits per heavy atom. The molecule has 0 saturated carbocycles. The van der Waals surface area contributed by atoms with Crippen LogP contribution in [0, 0.1) is 21.3 Å². The summed E-state index contributed by atoms with van der Waals surface area (Å²) in [6.45, 7) is 2.42. The third-order valence-electron chi connectivity index (χ3n) is 9.01. The van der Waals surface area contributed by atoms with E-state index in [0.29, 0.717) is 40.9 Å². The number of halogens is 1. The lowest BCUT2D eigenvalue weighted by Gasteiger charge is -2.30. The number of amides is 2. The minimum absolute atomic E-state index is 0.118. The van der Waals surface area contributed by atoms with Gasteiger partial charge in [0.1, 0.15) is 0 Å². The Labute approximate surface area is 270 Å². The fourth-order valence-electron chi connectivity index (χ4n) is 6.98. The second-order valence-corrected chi connectivity index (χ2v) is 12.8. The molecule has 0 unspecified atom stereocenters. The molecule has 0 aromatic heterocycles. The first kappa shape index (κ1) is 30.6. The van der Waals surface area contributed by atoms with Crippen LogP contribution in [0.2, 0.25) is 0 Å². The van der Waals surface area contributed by atoms with Crippen molar-refractivity contribution in [3.8, 4) is 11.5 Å². The standard InChI is InChI=1S/C34H33BINO7/c1-19-13-25-31(34(40)37(33(25)39)24-10-6-9-23(17-24)35(41)42)26-18-44-28(30(19)26)12-11-22(21-7-4-3-5-8-21)14-20-15-27(36)32(38)29(16-20)43-2/h3-10,14-17,25-26,28,31,38,41-42H,11-13,18H2,1-2H3/b22-14-/t25-,26+,28-,31-/m1/s1. The molecule has 1 aliphatic carbocycles. The maximum Gasteiger partial charge on any atom is 0.488 e. The molecule has 44 heavy (non-hydrogen) atoms. The minimum atomic E-state index is -1.70. The number of rotatable bonds is 8. The number of methoxy groups -OCH3 is 1. The van der Waals surface area contributed by atoms with Crippen molar-refractivity contribution in [1.82, 2.24) is 0 Å². The molecule has 10 heteroatoms. The number of hydrogen-bond acceptors (Lipinski definition) is 7. The summed E-state index contributed by atoms with van der Waals surface area (Å²) >= 11 is 2.10. The van der Waals surface area contributed by atoms with E-state index in [1.54, 1.807) is 18.2 Å². The Morgan fingerprint density at radius 2 is 1.84 bits per heavy atom. The van der Waals surface area contributed by atoms with E-state index in [2.05, 4.69) is 40.8 Å². The first-order valence-corrected chi connectivity index (χ1v) is 15.7. The van der Waals surface area contributed by atoms with Gasteiger partial charge in [-0.05, 0) is 101 Å². The molecule has 2 amide bonds. The number of phenolic OH excluding ortho intramolecular Hbond substituents is 1. The molecule has 4 atom stereocenters. The lowest BCUT2D eigenvalue weighted by Crippen LogP contribution is -2.35. The Bertz CT molecular complexity index is 1670. The largest absolute Gasteiger partial charge is 0.504 e. The van der Waals surface area contributed by atoms with Gasteiger partial charge in [0, 0.05) is 5.92 Å². The van der Waals surface area contributed by atoms with Crippen LogP contribution in [0.15, 0.2) is 77.9 Å².